The lowest BCUT2D eigenvalue weighted by Gasteiger charge is -2.04. The number of hydrogen-bond donors (Lipinski definition) is 1. The fourth-order valence-corrected chi connectivity index (χ4v) is 1.58. The van der Waals surface area contributed by atoms with Gasteiger partial charge in [0.25, 0.3) is 0 Å². The van der Waals surface area contributed by atoms with Crippen LogP contribution in [0.5, 0.6) is 5.75 Å². The van der Waals surface area contributed by atoms with Gasteiger partial charge in [0, 0.05) is 11.6 Å². The summed E-state index contributed by atoms with van der Waals surface area (Å²) in [6.07, 6.45) is 1.67. The van der Waals surface area contributed by atoms with Crippen molar-refractivity contribution in [2.45, 2.75) is 6.92 Å². The summed E-state index contributed by atoms with van der Waals surface area (Å²) in [6, 6.07) is 4.87. The van der Waals surface area contributed by atoms with Gasteiger partial charge in [0.15, 0.2) is 0 Å². The van der Waals surface area contributed by atoms with Crippen LogP contribution in [-0.4, -0.2) is 23.2 Å². The van der Waals surface area contributed by atoms with Gasteiger partial charge in [-0.05, 0) is 30.7 Å². The highest BCUT2D eigenvalue weighted by Gasteiger charge is 2.10. The average molecular weight is 217 g/mol. The van der Waals surface area contributed by atoms with E-state index in [4.69, 9.17) is 0 Å². The minimum absolute atomic E-state index is 0.0158. The van der Waals surface area contributed by atoms with Crippen LogP contribution in [0, 0.1) is 6.92 Å². The third-order valence-corrected chi connectivity index (χ3v) is 2.32. The van der Waals surface area contributed by atoms with Crippen LogP contribution in [0.3, 0.4) is 0 Å². The first-order valence-electron chi connectivity index (χ1n) is 4.79. The van der Waals surface area contributed by atoms with E-state index in [-0.39, 0.29) is 5.75 Å². The minimum atomic E-state index is -0.473. The van der Waals surface area contributed by atoms with Gasteiger partial charge in [0.1, 0.15) is 11.3 Å². The monoisotopic (exact) mass is 217 g/mol. The van der Waals surface area contributed by atoms with Gasteiger partial charge in [-0.25, -0.2) is 4.79 Å². The predicted molar refractivity (Wildman–Crippen MR) is 59.5 cm³/mol. The Morgan fingerprint density at radius 2 is 2.12 bits per heavy atom. The third kappa shape index (κ3) is 1.69. The van der Waals surface area contributed by atoms with Gasteiger partial charge in [0.2, 0.25) is 0 Å². The number of fused-ring (bicyclic) bond motifs is 1. The molecule has 1 aromatic heterocycles. The molecule has 2 rings (SSSR count). The van der Waals surface area contributed by atoms with Crippen LogP contribution >= 0.6 is 0 Å². The molecule has 82 valence electrons. The van der Waals surface area contributed by atoms with E-state index in [0.717, 1.165) is 10.9 Å². The zero-order valence-corrected chi connectivity index (χ0v) is 9.02. The van der Waals surface area contributed by atoms with E-state index in [0.29, 0.717) is 11.1 Å². The van der Waals surface area contributed by atoms with E-state index < -0.39 is 5.97 Å². The molecule has 0 saturated heterocycles. The lowest BCUT2D eigenvalue weighted by molar-refractivity contribution is 0.0600. The molecule has 1 aromatic carbocycles. The van der Waals surface area contributed by atoms with Crippen molar-refractivity contribution in [3.8, 4) is 5.75 Å². The van der Waals surface area contributed by atoms with Crippen molar-refractivity contribution in [1.82, 2.24) is 4.98 Å². The maximum Gasteiger partial charge on any atom is 0.338 e. The number of hydrogen-bond acceptors (Lipinski definition) is 4. The fourth-order valence-electron chi connectivity index (χ4n) is 1.58. The van der Waals surface area contributed by atoms with Crippen molar-refractivity contribution < 1.29 is 14.6 Å². The van der Waals surface area contributed by atoms with Crippen LogP contribution in [0.4, 0.5) is 0 Å². The van der Waals surface area contributed by atoms with E-state index in [2.05, 4.69) is 9.72 Å². The van der Waals surface area contributed by atoms with Gasteiger partial charge in [-0.1, -0.05) is 0 Å². The van der Waals surface area contributed by atoms with Crippen molar-refractivity contribution >= 4 is 16.9 Å². The van der Waals surface area contributed by atoms with Crippen molar-refractivity contribution in [1.29, 1.82) is 0 Å². The Balaban J connectivity index is 2.69. The van der Waals surface area contributed by atoms with Crippen molar-refractivity contribution in [3.05, 3.63) is 35.5 Å². The molecule has 2 aromatic rings. The largest absolute Gasteiger partial charge is 0.506 e. The number of phenolic OH excluding ortho intramolecular Hbond substituents is 1. The molecule has 0 saturated carbocycles. The number of aromatic hydroxyl groups is 1. The molecule has 1 heterocycles. The molecule has 0 bridgehead atoms. The number of carbonyl (C=O) groups is 1. The van der Waals surface area contributed by atoms with Gasteiger partial charge in [-0.2, -0.15) is 0 Å². The van der Waals surface area contributed by atoms with Gasteiger partial charge in [0.05, 0.1) is 12.7 Å². The predicted octanol–water partition coefficient (Wildman–Crippen LogP) is 2.04. The first-order chi connectivity index (χ1) is 7.61. The summed E-state index contributed by atoms with van der Waals surface area (Å²) in [6.45, 7) is 1.90. The highest BCUT2D eigenvalue weighted by atomic mass is 16.5. The molecule has 4 nitrogen and oxygen atoms in total. The Labute approximate surface area is 92.5 Å². The normalized spacial score (nSPS) is 10.4. The summed E-state index contributed by atoms with van der Waals surface area (Å²) in [5.74, 6) is -0.489. The van der Waals surface area contributed by atoms with E-state index in [9.17, 15) is 9.90 Å². The molecular weight excluding hydrogens is 206 g/mol. The van der Waals surface area contributed by atoms with E-state index in [1.807, 2.05) is 13.0 Å². The van der Waals surface area contributed by atoms with Crippen LogP contribution in [0.2, 0.25) is 0 Å². The van der Waals surface area contributed by atoms with Crippen LogP contribution in [0.1, 0.15) is 15.9 Å². The fraction of sp³-hybridized carbons (Fsp3) is 0.167. The van der Waals surface area contributed by atoms with Crippen molar-refractivity contribution in [2.75, 3.05) is 7.11 Å². The molecule has 1 N–H and O–H groups in total. The Bertz CT molecular complexity index is 563. The quantitative estimate of drug-likeness (QED) is 0.742. The summed E-state index contributed by atoms with van der Waals surface area (Å²) in [4.78, 5) is 15.4. The smallest absolute Gasteiger partial charge is 0.338 e. The number of rotatable bonds is 1. The third-order valence-electron chi connectivity index (χ3n) is 2.32. The summed E-state index contributed by atoms with van der Waals surface area (Å²) >= 11 is 0. The number of esters is 1. The number of pyridine rings is 1. The summed E-state index contributed by atoms with van der Waals surface area (Å²) in [5.41, 5.74) is 1.77. The maximum absolute atomic E-state index is 11.3. The molecule has 16 heavy (non-hydrogen) atoms. The summed E-state index contributed by atoms with van der Waals surface area (Å²) in [7, 11) is 1.30. The van der Waals surface area contributed by atoms with E-state index in [1.54, 1.807) is 12.3 Å². The number of benzene rings is 1. The van der Waals surface area contributed by atoms with Gasteiger partial charge < -0.3 is 9.84 Å². The Morgan fingerprint density at radius 3 is 2.81 bits per heavy atom. The van der Waals surface area contributed by atoms with Crippen LogP contribution in [0.15, 0.2) is 24.4 Å². The average Bonchev–Trinajstić information content (AvgIpc) is 2.27. The highest BCUT2D eigenvalue weighted by molar-refractivity contribution is 5.96. The molecule has 0 radical (unpaired) electrons. The number of methoxy groups -OCH3 is 1. The van der Waals surface area contributed by atoms with E-state index in [1.165, 1.54) is 13.2 Å². The number of phenols is 1. The molecule has 0 fully saturated rings. The molecule has 0 amide bonds. The van der Waals surface area contributed by atoms with Gasteiger partial charge in [-0.3, -0.25) is 4.98 Å². The number of aromatic nitrogens is 1. The molecular formula is C12H11NO3. The van der Waals surface area contributed by atoms with Crippen LogP contribution < -0.4 is 0 Å². The van der Waals surface area contributed by atoms with Gasteiger partial charge in [-0.15, -0.1) is 0 Å². The summed E-state index contributed by atoms with van der Waals surface area (Å²) in [5, 5.41) is 10.4. The molecule has 0 atom stereocenters. The second-order valence-corrected chi connectivity index (χ2v) is 3.57. The van der Waals surface area contributed by atoms with Crippen LogP contribution in [0.25, 0.3) is 10.9 Å². The molecule has 0 spiro atoms. The topological polar surface area (TPSA) is 59.4 Å². The number of nitrogens with zero attached hydrogens (tertiary/aromatic N) is 1. The Kier molecular flexibility index (Phi) is 2.48. The maximum atomic E-state index is 11.3. The summed E-state index contributed by atoms with van der Waals surface area (Å²) < 4.78 is 4.60. The SMILES string of the molecule is COC(=O)c1cc(O)c2ncc(C)cc2c1. The lowest BCUT2D eigenvalue weighted by atomic mass is 10.1. The highest BCUT2D eigenvalue weighted by Crippen LogP contribution is 2.25. The molecule has 0 aliphatic carbocycles. The first-order valence-corrected chi connectivity index (χ1v) is 4.79. The van der Waals surface area contributed by atoms with E-state index >= 15 is 0 Å². The molecule has 0 aliphatic heterocycles. The molecule has 4 heteroatoms. The minimum Gasteiger partial charge on any atom is -0.506 e. The van der Waals surface area contributed by atoms with Crippen molar-refractivity contribution in [3.63, 3.8) is 0 Å². The van der Waals surface area contributed by atoms with Crippen molar-refractivity contribution in [2.24, 2.45) is 0 Å². The first kappa shape index (κ1) is 10.4. The molecule has 0 unspecified atom stereocenters. The second-order valence-electron chi connectivity index (χ2n) is 3.57. The Morgan fingerprint density at radius 1 is 1.38 bits per heavy atom. The number of ether oxygens (including phenoxy) is 1. The van der Waals surface area contributed by atoms with Crippen LogP contribution in [-0.2, 0) is 4.74 Å². The lowest BCUT2D eigenvalue weighted by Crippen LogP contribution is -2.01. The second kappa shape index (κ2) is 3.81. The molecule has 0 aliphatic rings. The zero-order valence-electron chi connectivity index (χ0n) is 9.02. The zero-order chi connectivity index (χ0) is 11.7. The number of carbonyl (C=O) groups excluding carboxylic acids is 1. The van der Waals surface area contributed by atoms with Gasteiger partial charge >= 0.3 is 5.97 Å². The standard InChI is InChI=1S/C12H11NO3/c1-7-3-8-4-9(12(15)16-2)5-10(14)11(8)13-6-7/h3-6,14H,1-2H3. The number of aryl methyl sites for hydroxylation is 1. The Hall–Kier alpha value is -2.10.